The van der Waals surface area contributed by atoms with Gasteiger partial charge in [0, 0.05) is 11.5 Å². The molecule has 1 nitrogen and oxygen atoms in total. The first-order valence-electron chi connectivity index (χ1n) is 2.53. The Hall–Kier alpha value is -0.633. The number of hydrogen-bond donors (Lipinski definition) is 0. The molecular formula is C6H7NSi. The molecule has 2 heteroatoms. The number of rotatable bonds is 1. The van der Waals surface area contributed by atoms with Crippen LogP contribution in [0.1, 0.15) is 0 Å². The summed E-state index contributed by atoms with van der Waals surface area (Å²) in [5.74, 6) is 0. The molecule has 0 bridgehead atoms. The second-order valence-electron chi connectivity index (χ2n) is 1.53. The highest BCUT2D eigenvalue weighted by atomic mass is 28.2. The summed E-state index contributed by atoms with van der Waals surface area (Å²) >= 11 is 0. The third-order valence-corrected chi connectivity index (χ3v) is 1.77. The second kappa shape index (κ2) is 2.62. The van der Waals surface area contributed by atoms with E-state index in [1.807, 2.05) is 18.2 Å². The number of aromatic nitrogens is 1. The highest BCUT2D eigenvalue weighted by Crippen LogP contribution is 1.73. The molecule has 0 saturated heterocycles. The van der Waals surface area contributed by atoms with Crippen LogP contribution < -0.4 is 5.32 Å². The van der Waals surface area contributed by atoms with Crippen molar-refractivity contribution in [3.05, 3.63) is 30.9 Å². The molecular weight excluding hydrogens is 114 g/mol. The fourth-order valence-corrected chi connectivity index (χ4v) is 1.00. The van der Waals surface area contributed by atoms with Crippen LogP contribution in [0.25, 0.3) is 0 Å². The normalized spacial score (nSPS) is 10.6. The Labute approximate surface area is 51.6 Å². The van der Waals surface area contributed by atoms with Gasteiger partial charge in [0.2, 0.25) is 0 Å². The van der Waals surface area contributed by atoms with E-state index in [0.717, 1.165) is 5.32 Å². The second-order valence-corrected chi connectivity index (χ2v) is 2.66. The third kappa shape index (κ3) is 1.17. The molecule has 0 aromatic carbocycles. The average molecular weight is 121 g/mol. The summed E-state index contributed by atoms with van der Waals surface area (Å²) in [6, 6.07) is 5.82. The lowest BCUT2D eigenvalue weighted by Crippen LogP contribution is -2.13. The lowest BCUT2D eigenvalue weighted by molar-refractivity contribution is 1.39. The van der Waals surface area contributed by atoms with Crippen molar-refractivity contribution < 1.29 is 0 Å². The lowest BCUT2D eigenvalue weighted by atomic mass is 10.5. The van der Waals surface area contributed by atoms with Gasteiger partial charge in [-0.2, -0.15) is 0 Å². The van der Waals surface area contributed by atoms with Crippen LogP contribution in [-0.2, 0) is 0 Å². The zero-order valence-corrected chi connectivity index (χ0v) is 5.96. The van der Waals surface area contributed by atoms with Crippen molar-refractivity contribution >= 4 is 14.8 Å². The largest absolute Gasteiger partial charge is 0.267 e. The van der Waals surface area contributed by atoms with Crippen molar-refractivity contribution in [3.63, 3.8) is 0 Å². The molecule has 0 atom stereocenters. The van der Waals surface area contributed by atoms with Gasteiger partial charge in [0.05, 0.1) is 9.52 Å². The Morgan fingerprint density at radius 3 is 2.75 bits per heavy atom. The summed E-state index contributed by atoms with van der Waals surface area (Å²) < 4.78 is 0. The fraction of sp³-hybridized carbons (Fsp3) is 0. The van der Waals surface area contributed by atoms with Crippen LogP contribution in [0.4, 0.5) is 0 Å². The van der Waals surface area contributed by atoms with Gasteiger partial charge in [-0.1, -0.05) is 6.07 Å². The molecule has 0 aliphatic rings. The van der Waals surface area contributed by atoms with Crippen LogP contribution >= 0.6 is 0 Å². The van der Waals surface area contributed by atoms with E-state index < -0.39 is 9.52 Å². The van der Waals surface area contributed by atoms with Gasteiger partial charge < -0.3 is 0 Å². The van der Waals surface area contributed by atoms with Crippen LogP contribution in [0, 0.1) is 6.55 Å². The molecule has 0 saturated carbocycles. The van der Waals surface area contributed by atoms with E-state index >= 15 is 0 Å². The van der Waals surface area contributed by atoms with Gasteiger partial charge in [0.25, 0.3) is 0 Å². The van der Waals surface area contributed by atoms with Crippen LogP contribution in [0.15, 0.2) is 24.4 Å². The SMILES string of the molecule is [CH][SiH2]c1ccccn1. The van der Waals surface area contributed by atoms with Gasteiger partial charge in [0.1, 0.15) is 0 Å². The molecule has 40 valence electrons. The number of pyridine rings is 1. The first kappa shape index (κ1) is 5.50. The van der Waals surface area contributed by atoms with Crippen molar-refractivity contribution in [1.82, 2.24) is 4.98 Å². The Balaban J connectivity index is 2.83. The van der Waals surface area contributed by atoms with Gasteiger partial charge >= 0.3 is 0 Å². The maximum Gasteiger partial charge on any atom is 0.0815 e. The molecule has 1 rings (SSSR count). The Morgan fingerprint density at radius 1 is 1.50 bits per heavy atom. The molecule has 1 heterocycles. The highest BCUT2D eigenvalue weighted by Gasteiger charge is 1.82. The van der Waals surface area contributed by atoms with E-state index in [1.54, 1.807) is 6.20 Å². The fourth-order valence-electron chi connectivity index (χ4n) is 0.519. The van der Waals surface area contributed by atoms with Gasteiger partial charge in [-0.05, 0) is 18.7 Å². The van der Waals surface area contributed by atoms with Crippen molar-refractivity contribution in [2.75, 3.05) is 0 Å². The monoisotopic (exact) mass is 121 g/mol. The third-order valence-electron chi connectivity index (χ3n) is 0.935. The van der Waals surface area contributed by atoms with Gasteiger partial charge in [-0.3, -0.25) is 4.98 Å². The molecule has 0 fully saturated rings. The molecule has 1 aromatic rings. The average Bonchev–Trinajstić information content (AvgIpc) is 1.90. The molecule has 0 spiro atoms. The minimum absolute atomic E-state index is 0.520. The van der Waals surface area contributed by atoms with Crippen LogP contribution in [-0.4, -0.2) is 14.5 Å². The topological polar surface area (TPSA) is 12.9 Å². The summed E-state index contributed by atoms with van der Waals surface area (Å²) in [5, 5.41) is 1.08. The van der Waals surface area contributed by atoms with E-state index in [-0.39, 0.29) is 0 Å². The highest BCUT2D eigenvalue weighted by molar-refractivity contribution is 6.53. The van der Waals surface area contributed by atoms with Crippen LogP contribution in [0.2, 0.25) is 0 Å². The maximum atomic E-state index is 5.43. The summed E-state index contributed by atoms with van der Waals surface area (Å²) in [4.78, 5) is 4.03. The van der Waals surface area contributed by atoms with E-state index in [0.29, 0.717) is 0 Å². The van der Waals surface area contributed by atoms with Gasteiger partial charge in [0.15, 0.2) is 0 Å². The first-order valence-corrected chi connectivity index (χ1v) is 4.06. The minimum Gasteiger partial charge on any atom is -0.267 e. The molecule has 8 heavy (non-hydrogen) atoms. The predicted octanol–water partition coefficient (Wildman–Crippen LogP) is -0.456. The Bertz CT molecular complexity index is 150. The van der Waals surface area contributed by atoms with Crippen molar-refractivity contribution in [3.8, 4) is 0 Å². The van der Waals surface area contributed by atoms with Crippen LogP contribution in [0.3, 0.4) is 0 Å². The standard InChI is InChI=1S/C6H7NSi/c1-8-6-4-2-3-5-7-6/h1-5H,8H2. The maximum absolute atomic E-state index is 5.43. The lowest BCUT2D eigenvalue weighted by Gasteiger charge is -1.88. The molecule has 0 amide bonds. The minimum atomic E-state index is -0.520. The molecule has 0 aliphatic heterocycles. The first-order chi connectivity index (χ1) is 3.93. The molecule has 1 aromatic heterocycles. The van der Waals surface area contributed by atoms with Crippen LogP contribution in [0.5, 0.6) is 0 Å². The Morgan fingerprint density at radius 2 is 2.38 bits per heavy atom. The number of nitrogens with zero attached hydrogens (tertiary/aromatic N) is 1. The molecule has 0 unspecified atom stereocenters. The summed E-state index contributed by atoms with van der Waals surface area (Å²) in [6.45, 7) is 5.43. The molecule has 0 N–H and O–H groups in total. The summed E-state index contributed by atoms with van der Waals surface area (Å²) in [6.07, 6.45) is 1.77. The summed E-state index contributed by atoms with van der Waals surface area (Å²) in [5.41, 5.74) is 0. The van der Waals surface area contributed by atoms with Gasteiger partial charge in [-0.15, -0.1) is 0 Å². The van der Waals surface area contributed by atoms with Crippen molar-refractivity contribution in [2.45, 2.75) is 0 Å². The van der Waals surface area contributed by atoms with E-state index in [4.69, 9.17) is 6.55 Å². The molecule has 2 radical (unpaired) electrons. The van der Waals surface area contributed by atoms with Crippen molar-refractivity contribution in [1.29, 1.82) is 0 Å². The van der Waals surface area contributed by atoms with E-state index in [1.165, 1.54) is 0 Å². The Kier molecular flexibility index (Phi) is 1.80. The predicted molar refractivity (Wildman–Crippen MR) is 36.7 cm³/mol. The van der Waals surface area contributed by atoms with E-state index in [9.17, 15) is 0 Å². The summed E-state index contributed by atoms with van der Waals surface area (Å²) in [7, 11) is -0.520. The zero-order valence-electron chi connectivity index (χ0n) is 4.54. The smallest absolute Gasteiger partial charge is 0.0815 e. The van der Waals surface area contributed by atoms with Gasteiger partial charge in [-0.25, -0.2) is 0 Å². The van der Waals surface area contributed by atoms with Crippen molar-refractivity contribution in [2.24, 2.45) is 0 Å². The zero-order chi connectivity index (χ0) is 5.82. The molecule has 0 aliphatic carbocycles. The quantitative estimate of drug-likeness (QED) is 0.458. The van der Waals surface area contributed by atoms with E-state index in [2.05, 4.69) is 4.98 Å². The number of hydrogen-bond acceptors (Lipinski definition) is 1.